The summed E-state index contributed by atoms with van der Waals surface area (Å²) in [6.07, 6.45) is 0. The predicted molar refractivity (Wildman–Crippen MR) is 88.8 cm³/mol. The maximum atomic E-state index is 12.8. The fourth-order valence-corrected chi connectivity index (χ4v) is 4.39. The summed E-state index contributed by atoms with van der Waals surface area (Å²) in [5, 5.41) is 0.225. The molecule has 2 N–H and O–H groups in total. The van der Waals surface area contributed by atoms with Crippen LogP contribution in [0.2, 0.25) is 0 Å². The number of amides is 2. The van der Waals surface area contributed by atoms with Gasteiger partial charge in [0, 0.05) is 12.3 Å². The van der Waals surface area contributed by atoms with Crippen molar-refractivity contribution in [1.82, 2.24) is 9.88 Å². The van der Waals surface area contributed by atoms with E-state index < -0.39 is 11.3 Å². The van der Waals surface area contributed by atoms with Crippen molar-refractivity contribution in [2.45, 2.75) is 12.3 Å². The lowest BCUT2D eigenvalue weighted by atomic mass is 10.1. The summed E-state index contributed by atoms with van der Waals surface area (Å²) in [6, 6.07) is 9.69. The van der Waals surface area contributed by atoms with Gasteiger partial charge in [0.25, 0.3) is 11.8 Å². The van der Waals surface area contributed by atoms with Crippen molar-refractivity contribution in [3.63, 3.8) is 0 Å². The number of primary amides is 1. The molecule has 0 bridgehead atoms. The first-order valence-electron chi connectivity index (χ1n) is 6.82. The second-order valence-corrected chi connectivity index (χ2v) is 7.29. The number of aromatic nitrogens is 1. The fraction of sp³-hybridized carbons (Fsp3) is 0.267. The topological polar surface area (TPSA) is 76.3 Å². The Morgan fingerprint density at radius 2 is 2.05 bits per heavy atom. The first-order chi connectivity index (χ1) is 10.6. The minimum atomic E-state index is -0.599. The van der Waals surface area contributed by atoms with E-state index in [0.29, 0.717) is 18.0 Å². The van der Waals surface area contributed by atoms with Crippen LogP contribution < -0.4 is 5.73 Å². The summed E-state index contributed by atoms with van der Waals surface area (Å²) in [5.41, 5.74) is 6.75. The van der Waals surface area contributed by atoms with Crippen LogP contribution in [0.15, 0.2) is 30.3 Å². The molecule has 1 atom stereocenters. The summed E-state index contributed by atoms with van der Waals surface area (Å²) >= 11 is 2.88. The first kappa shape index (κ1) is 15.1. The van der Waals surface area contributed by atoms with Gasteiger partial charge in [-0.1, -0.05) is 30.3 Å². The van der Waals surface area contributed by atoms with E-state index in [1.54, 1.807) is 0 Å². The van der Waals surface area contributed by atoms with Gasteiger partial charge in [0.05, 0.1) is 9.88 Å². The van der Waals surface area contributed by atoms with Crippen LogP contribution in [-0.2, 0) is 4.79 Å². The fourth-order valence-electron chi connectivity index (χ4n) is 2.41. The molecule has 1 saturated heterocycles. The lowest BCUT2D eigenvalue weighted by Crippen LogP contribution is -2.42. The maximum absolute atomic E-state index is 12.8. The van der Waals surface area contributed by atoms with Gasteiger partial charge in [-0.05, 0) is 12.5 Å². The van der Waals surface area contributed by atoms with Crippen LogP contribution in [0.3, 0.4) is 0 Å². The number of thioether (sulfide) groups is 1. The zero-order valence-corrected chi connectivity index (χ0v) is 13.6. The molecule has 22 heavy (non-hydrogen) atoms. The van der Waals surface area contributed by atoms with Gasteiger partial charge in [-0.2, -0.15) is 0 Å². The van der Waals surface area contributed by atoms with Crippen LogP contribution in [-0.4, -0.2) is 39.4 Å². The molecule has 0 radical (unpaired) electrons. The van der Waals surface area contributed by atoms with E-state index in [-0.39, 0.29) is 5.91 Å². The van der Waals surface area contributed by atoms with Gasteiger partial charge in [0.2, 0.25) is 0 Å². The molecule has 2 heterocycles. The van der Waals surface area contributed by atoms with E-state index in [1.807, 2.05) is 37.3 Å². The number of hydrogen-bond donors (Lipinski definition) is 1. The Kier molecular flexibility index (Phi) is 4.17. The third-order valence-corrected chi connectivity index (χ3v) is 5.61. The third-order valence-electron chi connectivity index (χ3n) is 3.37. The molecule has 114 valence electrons. The molecule has 0 spiro atoms. The number of nitrogens with zero attached hydrogens (tertiary/aromatic N) is 2. The van der Waals surface area contributed by atoms with Crippen molar-refractivity contribution in [2.75, 3.05) is 12.3 Å². The lowest BCUT2D eigenvalue weighted by Gasteiger charge is -2.20. The highest BCUT2D eigenvalue weighted by molar-refractivity contribution is 8.00. The Hall–Kier alpha value is -1.86. The number of benzene rings is 1. The Labute approximate surface area is 136 Å². The molecule has 1 fully saturated rings. The average Bonchev–Trinajstić information content (AvgIpc) is 3.14. The van der Waals surface area contributed by atoms with Gasteiger partial charge in [-0.3, -0.25) is 9.59 Å². The summed E-state index contributed by atoms with van der Waals surface area (Å²) in [4.78, 5) is 31.1. The quantitative estimate of drug-likeness (QED) is 0.933. The average molecular weight is 333 g/mol. The molecule has 1 unspecified atom stereocenters. The minimum Gasteiger partial charge on any atom is -0.367 e. The Morgan fingerprint density at radius 1 is 1.32 bits per heavy atom. The Balaban J connectivity index is 1.98. The molecule has 2 aromatic rings. The molecule has 0 saturated carbocycles. The lowest BCUT2D eigenvalue weighted by molar-refractivity contribution is -0.119. The minimum absolute atomic E-state index is 0.225. The summed E-state index contributed by atoms with van der Waals surface area (Å²) in [7, 11) is 0. The highest BCUT2D eigenvalue weighted by Gasteiger charge is 2.36. The predicted octanol–water partition coefficient (Wildman–Crippen LogP) is 2.12. The van der Waals surface area contributed by atoms with Crippen LogP contribution in [0.25, 0.3) is 10.4 Å². The number of carbonyl (C=O) groups excluding carboxylic acids is 2. The van der Waals surface area contributed by atoms with Gasteiger partial charge in [0.1, 0.15) is 5.69 Å². The number of hydrogen-bond acceptors (Lipinski definition) is 5. The second kappa shape index (κ2) is 6.10. The van der Waals surface area contributed by atoms with Crippen LogP contribution >= 0.6 is 23.1 Å². The molecule has 0 aliphatic carbocycles. The van der Waals surface area contributed by atoms with Crippen molar-refractivity contribution in [3.05, 3.63) is 41.0 Å². The van der Waals surface area contributed by atoms with Gasteiger partial charge in [0.15, 0.2) is 5.37 Å². The van der Waals surface area contributed by atoms with E-state index in [4.69, 9.17) is 5.73 Å². The summed E-state index contributed by atoms with van der Waals surface area (Å²) in [5.74, 6) is 0.00410. The van der Waals surface area contributed by atoms with Crippen molar-refractivity contribution >= 4 is 34.9 Å². The van der Waals surface area contributed by atoms with Crippen LogP contribution in [0, 0.1) is 6.92 Å². The van der Waals surface area contributed by atoms with Crippen molar-refractivity contribution < 1.29 is 9.59 Å². The summed E-state index contributed by atoms with van der Waals surface area (Å²) in [6.45, 7) is 2.39. The highest BCUT2D eigenvalue weighted by atomic mass is 32.2. The van der Waals surface area contributed by atoms with Gasteiger partial charge < -0.3 is 10.6 Å². The first-order valence-corrected chi connectivity index (χ1v) is 8.69. The number of carbonyl (C=O) groups is 2. The maximum Gasteiger partial charge on any atom is 0.275 e. The molecule has 7 heteroatoms. The molecule has 1 aliphatic rings. The molecular formula is C15H15N3O2S2. The molecule has 1 aliphatic heterocycles. The SMILES string of the molecule is Cc1nc(C(=O)N2CCSC2C(N)=O)c(-c2ccccc2)s1. The molecule has 3 rings (SSSR count). The Morgan fingerprint density at radius 3 is 2.73 bits per heavy atom. The van der Waals surface area contributed by atoms with Crippen LogP contribution in [0.5, 0.6) is 0 Å². The second-order valence-electron chi connectivity index (χ2n) is 4.90. The third kappa shape index (κ3) is 2.74. The van der Waals surface area contributed by atoms with Crippen molar-refractivity contribution in [2.24, 2.45) is 5.73 Å². The van der Waals surface area contributed by atoms with Crippen LogP contribution in [0.4, 0.5) is 0 Å². The van der Waals surface area contributed by atoms with Crippen molar-refractivity contribution in [1.29, 1.82) is 0 Å². The standard InChI is InChI=1S/C15H15N3O2S2/c1-9-17-11(12(22-9)10-5-3-2-4-6-10)14(20)18-7-8-21-15(18)13(16)19/h2-6,15H,7-8H2,1H3,(H2,16,19). The normalized spacial score (nSPS) is 17.7. The van der Waals surface area contributed by atoms with E-state index in [2.05, 4.69) is 4.98 Å². The summed E-state index contributed by atoms with van der Waals surface area (Å²) < 4.78 is 0. The van der Waals surface area contributed by atoms with Gasteiger partial charge in [-0.25, -0.2) is 4.98 Å². The van der Waals surface area contributed by atoms with Crippen LogP contribution in [0.1, 0.15) is 15.5 Å². The monoisotopic (exact) mass is 333 g/mol. The van der Waals surface area contributed by atoms with Crippen molar-refractivity contribution in [3.8, 4) is 10.4 Å². The zero-order valence-electron chi connectivity index (χ0n) is 12.0. The van der Waals surface area contributed by atoms with E-state index >= 15 is 0 Å². The van der Waals surface area contributed by atoms with Gasteiger partial charge >= 0.3 is 0 Å². The zero-order chi connectivity index (χ0) is 15.7. The Bertz CT molecular complexity index is 715. The van der Waals surface area contributed by atoms with E-state index in [9.17, 15) is 9.59 Å². The molecule has 2 amide bonds. The van der Waals surface area contributed by atoms with E-state index in [0.717, 1.165) is 15.4 Å². The highest BCUT2D eigenvalue weighted by Crippen LogP contribution is 2.33. The molecule has 1 aromatic carbocycles. The number of aryl methyl sites for hydroxylation is 1. The van der Waals surface area contributed by atoms with Gasteiger partial charge in [-0.15, -0.1) is 23.1 Å². The number of thiazole rings is 1. The molecule has 1 aromatic heterocycles. The number of nitrogens with two attached hydrogens (primary N) is 1. The largest absolute Gasteiger partial charge is 0.367 e. The molecule has 5 nitrogen and oxygen atoms in total. The number of rotatable bonds is 3. The molecular weight excluding hydrogens is 318 g/mol. The van der Waals surface area contributed by atoms with E-state index in [1.165, 1.54) is 28.0 Å². The smallest absolute Gasteiger partial charge is 0.275 e.